The fourth-order valence-electron chi connectivity index (χ4n) is 5.38. The molecule has 0 N–H and O–H groups in total. The molecular formula is C23H32N4O4S. The van der Waals surface area contributed by atoms with Gasteiger partial charge in [0.1, 0.15) is 0 Å². The van der Waals surface area contributed by atoms with E-state index in [0.29, 0.717) is 24.4 Å². The van der Waals surface area contributed by atoms with Gasteiger partial charge in [0.15, 0.2) is 9.84 Å². The minimum Gasteiger partial charge on any atom is -0.478 e. The second-order valence-corrected chi connectivity index (χ2v) is 11.6. The van der Waals surface area contributed by atoms with Gasteiger partial charge in [-0.05, 0) is 62.3 Å². The van der Waals surface area contributed by atoms with Gasteiger partial charge in [-0.3, -0.25) is 0 Å². The molecule has 1 saturated heterocycles. The first-order valence-corrected chi connectivity index (χ1v) is 13.7. The molecule has 3 fully saturated rings. The Labute approximate surface area is 189 Å². The molecule has 2 aliphatic carbocycles. The van der Waals surface area contributed by atoms with Crippen molar-refractivity contribution in [3.05, 3.63) is 24.2 Å². The van der Waals surface area contributed by atoms with Crippen LogP contribution in [0.3, 0.4) is 0 Å². The Hall–Kier alpha value is -2.16. The van der Waals surface area contributed by atoms with Crippen molar-refractivity contribution in [2.75, 3.05) is 30.9 Å². The molecule has 0 bridgehead atoms. The van der Waals surface area contributed by atoms with Crippen LogP contribution in [-0.4, -0.2) is 49.6 Å². The molecular weight excluding hydrogens is 428 g/mol. The molecule has 0 radical (unpaired) electrons. The number of anilines is 1. The Morgan fingerprint density at radius 1 is 1.12 bits per heavy atom. The van der Waals surface area contributed by atoms with Crippen molar-refractivity contribution < 1.29 is 17.6 Å². The zero-order valence-electron chi connectivity index (χ0n) is 18.6. The fraction of sp³-hybridized carbons (Fsp3) is 0.696. The van der Waals surface area contributed by atoms with Gasteiger partial charge in [-0.25, -0.2) is 13.4 Å². The second kappa shape index (κ2) is 9.00. The molecule has 0 spiro atoms. The monoisotopic (exact) mass is 460 g/mol. The van der Waals surface area contributed by atoms with Crippen LogP contribution in [0.25, 0.3) is 0 Å². The summed E-state index contributed by atoms with van der Waals surface area (Å²) in [6, 6.07) is 3.89. The van der Waals surface area contributed by atoms with Crippen molar-refractivity contribution in [3.8, 4) is 5.88 Å². The van der Waals surface area contributed by atoms with Crippen molar-refractivity contribution in [2.45, 2.75) is 62.2 Å². The molecule has 2 atom stereocenters. The predicted molar refractivity (Wildman–Crippen MR) is 119 cm³/mol. The van der Waals surface area contributed by atoms with E-state index in [4.69, 9.17) is 9.15 Å². The number of sulfone groups is 1. The number of rotatable bonds is 8. The van der Waals surface area contributed by atoms with Crippen molar-refractivity contribution in [1.82, 2.24) is 15.2 Å². The van der Waals surface area contributed by atoms with Crippen LogP contribution in [0, 0.1) is 17.8 Å². The highest BCUT2D eigenvalue weighted by Gasteiger charge is 2.43. The van der Waals surface area contributed by atoms with Crippen LogP contribution in [-0.2, 0) is 9.84 Å². The summed E-state index contributed by atoms with van der Waals surface area (Å²) in [7, 11) is -3.22. The van der Waals surface area contributed by atoms with Gasteiger partial charge < -0.3 is 14.1 Å². The number of ether oxygens (including phenoxy) is 1. The highest BCUT2D eigenvalue weighted by molar-refractivity contribution is 7.90. The maximum atomic E-state index is 11.5. The molecule has 2 aromatic heterocycles. The van der Waals surface area contributed by atoms with Gasteiger partial charge in [0.05, 0.1) is 11.5 Å². The Morgan fingerprint density at radius 2 is 1.91 bits per heavy atom. The molecule has 3 aliphatic rings. The molecule has 5 rings (SSSR count). The SMILES string of the molecule is CS(=O)(=O)c1ccc(OCC[C@@H]2C[C@@H]2C2CCN(c3nnc(C4CCCC4)o3)CC2)nc1. The number of hydrogen-bond acceptors (Lipinski definition) is 8. The molecule has 8 nitrogen and oxygen atoms in total. The zero-order valence-corrected chi connectivity index (χ0v) is 19.5. The minimum atomic E-state index is -3.22. The van der Waals surface area contributed by atoms with Gasteiger partial charge in [-0.1, -0.05) is 17.9 Å². The molecule has 3 heterocycles. The zero-order chi connectivity index (χ0) is 22.1. The lowest BCUT2D eigenvalue weighted by atomic mass is 9.91. The van der Waals surface area contributed by atoms with E-state index < -0.39 is 9.84 Å². The Kier molecular flexibility index (Phi) is 6.09. The van der Waals surface area contributed by atoms with E-state index in [1.54, 1.807) is 12.1 Å². The molecule has 0 amide bonds. The molecule has 32 heavy (non-hydrogen) atoms. The number of nitrogens with zero attached hydrogens (tertiary/aromatic N) is 4. The van der Waals surface area contributed by atoms with E-state index in [9.17, 15) is 8.42 Å². The largest absolute Gasteiger partial charge is 0.478 e. The maximum Gasteiger partial charge on any atom is 0.318 e. The Morgan fingerprint density at radius 3 is 2.59 bits per heavy atom. The van der Waals surface area contributed by atoms with Crippen LogP contribution in [0.1, 0.15) is 63.2 Å². The molecule has 1 aliphatic heterocycles. The number of pyridine rings is 1. The van der Waals surface area contributed by atoms with E-state index in [-0.39, 0.29) is 4.90 Å². The summed E-state index contributed by atoms with van der Waals surface area (Å²) >= 11 is 0. The standard InChI is InChI=1S/C23H32N4O4S/c1-32(28,29)19-6-7-21(24-15-19)30-13-10-18-14-20(18)16-8-11-27(12-9-16)23-26-25-22(31-23)17-4-2-3-5-17/h6-7,15-18,20H,2-5,8-14H2,1H3/t18-,20-/m1/s1. The van der Waals surface area contributed by atoms with Crippen molar-refractivity contribution >= 4 is 15.9 Å². The number of hydrogen-bond donors (Lipinski definition) is 0. The summed E-state index contributed by atoms with van der Waals surface area (Å²) in [5, 5.41) is 8.65. The van der Waals surface area contributed by atoms with Gasteiger partial charge in [0, 0.05) is 37.5 Å². The fourth-order valence-corrected chi connectivity index (χ4v) is 5.94. The van der Waals surface area contributed by atoms with Crippen LogP contribution in [0.15, 0.2) is 27.6 Å². The first kappa shape index (κ1) is 21.7. The van der Waals surface area contributed by atoms with Crippen LogP contribution in [0.2, 0.25) is 0 Å². The lowest BCUT2D eigenvalue weighted by molar-refractivity contribution is 0.275. The number of aromatic nitrogens is 3. The predicted octanol–water partition coefficient (Wildman–Crippen LogP) is 3.85. The third-order valence-electron chi connectivity index (χ3n) is 7.40. The molecule has 2 saturated carbocycles. The quantitative estimate of drug-likeness (QED) is 0.586. The smallest absolute Gasteiger partial charge is 0.318 e. The Balaban J connectivity index is 1.03. The van der Waals surface area contributed by atoms with Crippen molar-refractivity contribution in [3.63, 3.8) is 0 Å². The van der Waals surface area contributed by atoms with E-state index in [0.717, 1.165) is 43.2 Å². The average molecular weight is 461 g/mol. The highest BCUT2D eigenvalue weighted by atomic mass is 32.2. The highest BCUT2D eigenvalue weighted by Crippen LogP contribution is 2.50. The van der Waals surface area contributed by atoms with E-state index in [1.807, 2.05) is 0 Å². The third kappa shape index (κ3) is 4.92. The first-order chi connectivity index (χ1) is 15.5. The van der Waals surface area contributed by atoms with Crippen LogP contribution < -0.4 is 9.64 Å². The molecule has 9 heteroatoms. The van der Waals surface area contributed by atoms with Crippen LogP contribution >= 0.6 is 0 Å². The molecule has 2 aromatic rings. The van der Waals surface area contributed by atoms with Crippen LogP contribution in [0.5, 0.6) is 5.88 Å². The van der Waals surface area contributed by atoms with Crippen molar-refractivity contribution in [2.24, 2.45) is 17.8 Å². The normalized spacial score (nSPS) is 24.7. The maximum absolute atomic E-state index is 11.5. The molecule has 0 unspecified atom stereocenters. The van der Waals surface area contributed by atoms with Gasteiger partial charge in [0.2, 0.25) is 11.8 Å². The van der Waals surface area contributed by atoms with Gasteiger partial charge in [-0.15, -0.1) is 5.10 Å². The lowest BCUT2D eigenvalue weighted by Gasteiger charge is -2.31. The second-order valence-electron chi connectivity index (χ2n) is 9.63. The van der Waals surface area contributed by atoms with Crippen molar-refractivity contribution in [1.29, 1.82) is 0 Å². The van der Waals surface area contributed by atoms with E-state index in [2.05, 4.69) is 20.1 Å². The average Bonchev–Trinajstić information content (AvgIpc) is 3.17. The van der Waals surface area contributed by atoms with Gasteiger partial charge in [0.25, 0.3) is 0 Å². The minimum absolute atomic E-state index is 0.216. The first-order valence-electron chi connectivity index (χ1n) is 11.8. The summed E-state index contributed by atoms with van der Waals surface area (Å²) in [5.41, 5.74) is 0. The summed E-state index contributed by atoms with van der Waals surface area (Å²) in [6.07, 6.45) is 12.1. The van der Waals surface area contributed by atoms with Gasteiger partial charge in [-0.2, -0.15) is 0 Å². The summed E-state index contributed by atoms with van der Waals surface area (Å²) in [5.74, 6) is 4.07. The molecule has 0 aromatic carbocycles. The third-order valence-corrected chi connectivity index (χ3v) is 8.50. The summed E-state index contributed by atoms with van der Waals surface area (Å²) < 4.78 is 34.8. The number of piperidine rings is 1. The van der Waals surface area contributed by atoms with Crippen LogP contribution in [0.4, 0.5) is 6.01 Å². The summed E-state index contributed by atoms with van der Waals surface area (Å²) in [6.45, 7) is 2.61. The Bertz CT molecular complexity index is 1010. The van der Waals surface area contributed by atoms with Gasteiger partial charge >= 0.3 is 6.01 Å². The van der Waals surface area contributed by atoms with E-state index in [1.165, 1.54) is 57.4 Å². The summed E-state index contributed by atoms with van der Waals surface area (Å²) in [4.78, 5) is 6.58. The van der Waals surface area contributed by atoms with E-state index >= 15 is 0 Å². The molecule has 174 valence electrons. The topological polar surface area (TPSA) is 98.4 Å². The lowest BCUT2D eigenvalue weighted by Crippen LogP contribution is -2.34.